The third-order valence-electron chi connectivity index (χ3n) is 6.36. The van der Waals surface area contributed by atoms with Crippen LogP contribution in [0.15, 0.2) is 54.9 Å². The molecule has 3 heterocycles. The zero-order valence-corrected chi connectivity index (χ0v) is 19.2. The van der Waals surface area contributed by atoms with E-state index in [9.17, 15) is 10.1 Å². The second-order valence-corrected chi connectivity index (χ2v) is 8.61. The second-order valence-electron chi connectivity index (χ2n) is 8.61. The molecular weight excluding hydrogens is 428 g/mol. The minimum atomic E-state index is -0.0833. The van der Waals surface area contributed by atoms with Gasteiger partial charge in [-0.2, -0.15) is 10.4 Å². The lowest BCUT2D eigenvalue weighted by Crippen LogP contribution is -2.47. The summed E-state index contributed by atoms with van der Waals surface area (Å²) in [4.78, 5) is 18.5. The van der Waals surface area contributed by atoms with E-state index in [4.69, 9.17) is 4.74 Å². The number of nitrogens with one attached hydrogen (secondary N) is 2. The van der Waals surface area contributed by atoms with Gasteiger partial charge in [0.05, 0.1) is 24.4 Å². The number of nitrogens with zero attached hydrogens (tertiary/aromatic N) is 4. The fourth-order valence-electron chi connectivity index (χ4n) is 4.61. The third-order valence-corrected chi connectivity index (χ3v) is 6.36. The predicted molar refractivity (Wildman–Crippen MR) is 131 cm³/mol. The number of aryl methyl sites for hydroxylation is 1. The lowest BCUT2D eigenvalue weighted by atomic mass is 10.0. The number of anilines is 1. The van der Waals surface area contributed by atoms with E-state index < -0.39 is 0 Å². The van der Waals surface area contributed by atoms with Crippen molar-refractivity contribution in [1.29, 1.82) is 5.26 Å². The first-order valence-corrected chi connectivity index (χ1v) is 11.3. The number of piperidine rings is 1. The number of amides is 1. The van der Waals surface area contributed by atoms with Gasteiger partial charge in [-0.3, -0.25) is 9.48 Å². The Bertz CT molecular complexity index is 1380. The fraction of sp³-hybridized carbons (Fsp3) is 0.269. The fourth-order valence-corrected chi connectivity index (χ4v) is 4.61. The molecule has 5 rings (SSSR count). The lowest BCUT2D eigenvalue weighted by Gasteiger charge is -2.35. The standard InChI is InChI=1S/C26H26N6O2/c1-31-15-19(14-28-31)23-12-22-24(10-7-18(13-27)25(22)30-23)32-11-3-4-20(16-32)29-26(33)17-5-8-21(34-2)9-6-17/h5-10,12,14-15,20,30H,3-4,11,16H2,1-2H3,(H,29,33). The Morgan fingerprint density at radius 1 is 1.26 bits per heavy atom. The van der Waals surface area contributed by atoms with Gasteiger partial charge in [-0.15, -0.1) is 0 Å². The Kier molecular flexibility index (Phi) is 5.68. The number of hydrogen-bond acceptors (Lipinski definition) is 5. The Labute approximate surface area is 197 Å². The molecular formula is C26H26N6O2. The van der Waals surface area contributed by atoms with Crippen LogP contribution in [-0.2, 0) is 7.05 Å². The maximum Gasteiger partial charge on any atom is 0.251 e. The molecule has 2 aromatic heterocycles. The SMILES string of the molecule is COc1ccc(C(=O)NC2CCCN(c3ccc(C#N)c4[nH]c(-c5cnn(C)c5)cc34)C2)cc1. The average Bonchev–Trinajstić information content (AvgIpc) is 3.50. The number of methoxy groups -OCH3 is 1. The summed E-state index contributed by atoms with van der Waals surface area (Å²) in [5.74, 6) is 0.641. The first kappa shape index (κ1) is 21.6. The molecule has 0 aliphatic carbocycles. The van der Waals surface area contributed by atoms with Crippen LogP contribution in [-0.4, -0.2) is 46.9 Å². The molecule has 1 aliphatic heterocycles. The van der Waals surface area contributed by atoms with Gasteiger partial charge < -0.3 is 19.9 Å². The van der Waals surface area contributed by atoms with Crippen molar-refractivity contribution in [3.8, 4) is 23.1 Å². The molecule has 2 aromatic carbocycles. The van der Waals surface area contributed by atoms with E-state index in [2.05, 4.69) is 32.4 Å². The Hall–Kier alpha value is -4.25. The number of nitriles is 1. The number of hydrogen-bond donors (Lipinski definition) is 2. The summed E-state index contributed by atoms with van der Waals surface area (Å²) >= 11 is 0. The number of ether oxygens (including phenoxy) is 1. The van der Waals surface area contributed by atoms with Crippen LogP contribution in [0.2, 0.25) is 0 Å². The number of aromatic nitrogens is 3. The molecule has 1 saturated heterocycles. The van der Waals surface area contributed by atoms with Crippen molar-refractivity contribution in [3.05, 3.63) is 66.0 Å². The second kappa shape index (κ2) is 8.94. The molecule has 1 aliphatic rings. The molecule has 4 aromatic rings. The van der Waals surface area contributed by atoms with Gasteiger partial charge in [0.2, 0.25) is 0 Å². The van der Waals surface area contributed by atoms with Gasteiger partial charge >= 0.3 is 0 Å². The molecule has 8 heteroatoms. The number of benzene rings is 2. The average molecular weight is 455 g/mol. The normalized spacial score (nSPS) is 15.8. The molecule has 0 bridgehead atoms. The van der Waals surface area contributed by atoms with Gasteiger partial charge in [-0.25, -0.2) is 0 Å². The molecule has 0 radical (unpaired) electrons. The minimum absolute atomic E-state index is 0.0331. The van der Waals surface area contributed by atoms with Crippen molar-refractivity contribution < 1.29 is 9.53 Å². The van der Waals surface area contributed by atoms with Crippen LogP contribution in [0.4, 0.5) is 5.69 Å². The number of fused-ring (bicyclic) bond motifs is 1. The quantitative estimate of drug-likeness (QED) is 0.477. The first-order valence-electron chi connectivity index (χ1n) is 11.3. The number of rotatable bonds is 5. The maximum atomic E-state index is 12.8. The maximum absolute atomic E-state index is 12.8. The first-order chi connectivity index (χ1) is 16.6. The highest BCUT2D eigenvalue weighted by Crippen LogP contribution is 2.34. The van der Waals surface area contributed by atoms with Crippen LogP contribution in [0.3, 0.4) is 0 Å². The van der Waals surface area contributed by atoms with Crippen LogP contribution in [0.5, 0.6) is 5.75 Å². The van der Waals surface area contributed by atoms with Crippen molar-refractivity contribution in [2.45, 2.75) is 18.9 Å². The van der Waals surface area contributed by atoms with Crippen LogP contribution < -0.4 is 15.0 Å². The van der Waals surface area contributed by atoms with E-state index in [0.29, 0.717) is 17.7 Å². The lowest BCUT2D eigenvalue weighted by molar-refractivity contribution is 0.0933. The number of aromatic amines is 1. The molecule has 1 fully saturated rings. The molecule has 2 N–H and O–H groups in total. The highest BCUT2D eigenvalue weighted by atomic mass is 16.5. The Morgan fingerprint density at radius 3 is 2.79 bits per heavy atom. The molecule has 0 spiro atoms. The number of H-pyrrole nitrogens is 1. The van der Waals surface area contributed by atoms with Crippen LogP contribution in [0, 0.1) is 11.3 Å². The molecule has 34 heavy (non-hydrogen) atoms. The van der Waals surface area contributed by atoms with Crippen molar-refractivity contribution in [3.63, 3.8) is 0 Å². The summed E-state index contributed by atoms with van der Waals surface area (Å²) in [7, 11) is 3.49. The highest BCUT2D eigenvalue weighted by Gasteiger charge is 2.24. The van der Waals surface area contributed by atoms with Crippen molar-refractivity contribution in [2.75, 3.05) is 25.1 Å². The van der Waals surface area contributed by atoms with E-state index in [1.165, 1.54) is 0 Å². The smallest absolute Gasteiger partial charge is 0.251 e. The van der Waals surface area contributed by atoms with Crippen LogP contribution >= 0.6 is 0 Å². The largest absolute Gasteiger partial charge is 0.497 e. The van der Waals surface area contributed by atoms with E-state index in [-0.39, 0.29) is 11.9 Å². The third kappa shape index (κ3) is 4.08. The van der Waals surface area contributed by atoms with Gasteiger partial charge in [-0.05, 0) is 55.3 Å². The van der Waals surface area contributed by atoms with Crippen molar-refractivity contribution >= 4 is 22.5 Å². The van der Waals surface area contributed by atoms with Gasteiger partial charge in [0.25, 0.3) is 5.91 Å². The minimum Gasteiger partial charge on any atom is -0.497 e. The summed E-state index contributed by atoms with van der Waals surface area (Å²) in [6.07, 6.45) is 5.64. The molecule has 8 nitrogen and oxygen atoms in total. The van der Waals surface area contributed by atoms with Crippen molar-refractivity contribution in [1.82, 2.24) is 20.1 Å². The predicted octanol–water partition coefficient (Wildman–Crippen LogP) is 3.85. The van der Waals surface area contributed by atoms with Gasteiger partial charge in [0.1, 0.15) is 11.8 Å². The molecule has 0 saturated carbocycles. The van der Waals surface area contributed by atoms with E-state index in [1.54, 1.807) is 36.1 Å². The molecule has 1 amide bonds. The molecule has 1 unspecified atom stereocenters. The zero-order valence-electron chi connectivity index (χ0n) is 19.2. The molecule has 172 valence electrons. The molecule has 1 atom stereocenters. The highest BCUT2D eigenvalue weighted by molar-refractivity contribution is 5.99. The summed E-state index contributed by atoms with van der Waals surface area (Å²) in [6, 6.07) is 15.4. The summed E-state index contributed by atoms with van der Waals surface area (Å²) in [5.41, 5.74) is 5.00. The van der Waals surface area contributed by atoms with Gasteiger partial charge in [0.15, 0.2) is 0 Å². The number of carbonyl (C=O) groups is 1. The summed E-state index contributed by atoms with van der Waals surface area (Å²) in [5, 5.41) is 18.1. The van der Waals surface area contributed by atoms with Gasteiger partial charge in [0, 0.05) is 60.3 Å². The van der Waals surface area contributed by atoms with Crippen LogP contribution in [0.25, 0.3) is 22.2 Å². The van der Waals surface area contributed by atoms with E-state index in [1.807, 2.05) is 31.6 Å². The Morgan fingerprint density at radius 2 is 2.09 bits per heavy atom. The summed E-state index contributed by atoms with van der Waals surface area (Å²) < 4.78 is 6.94. The monoisotopic (exact) mass is 454 g/mol. The van der Waals surface area contributed by atoms with Gasteiger partial charge in [-0.1, -0.05) is 0 Å². The Balaban J connectivity index is 1.40. The van der Waals surface area contributed by atoms with E-state index in [0.717, 1.165) is 53.0 Å². The number of carbonyl (C=O) groups excluding carboxylic acids is 1. The van der Waals surface area contributed by atoms with Crippen LogP contribution in [0.1, 0.15) is 28.8 Å². The van der Waals surface area contributed by atoms with E-state index >= 15 is 0 Å². The topological polar surface area (TPSA) is 99.0 Å². The van der Waals surface area contributed by atoms with Crippen molar-refractivity contribution in [2.24, 2.45) is 7.05 Å². The summed E-state index contributed by atoms with van der Waals surface area (Å²) in [6.45, 7) is 1.60. The zero-order chi connectivity index (χ0) is 23.7.